The number of aliphatic hydroxyl groups is 1. The quantitative estimate of drug-likeness (QED) is 0.555. The number of hydrogen-bond donors (Lipinski definition) is 2. The molecule has 0 aromatic heterocycles. The molecular formula is C24H30N2O7S. The van der Waals surface area contributed by atoms with Crippen LogP contribution in [0.1, 0.15) is 42.5 Å². The highest BCUT2D eigenvalue weighted by Gasteiger charge is 2.29. The van der Waals surface area contributed by atoms with Crippen molar-refractivity contribution < 1.29 is 32.5 Å². The van der Waals surface area contributed by atoms with Crippen LogP contribution in [0.25, 0.3) is 0 Å². The maximum Gasteiger partial charge on any atom is 0.251 e. The lowest BCUT2D eigenvalue weighted by atomic mass is 9.96. The molecule has 1 fully saturated rings. The highest BCUT2D eigenvalue weighted by molar-refractivity contribution is 7.89. The summed E-state index contributed by atoms with van der Waals surface area (Å²) in [6.07, 6.45) is 4.04. The third-order valence-electron chi connectivity index (χ3n) is 6.17. The van der Waals surface area contributed by atoms with Crippen LogP contribution in [0.15, 0.2) is 47.4 Å². The van der Waals surface area contributed by atoms with Crippen LogP contribution < -0.4 is 19.5 Å². The van der Waals surface area contributed by atoms with Gasteiger partial charge >= 0.3 is 0 Å². The topological polar surface area (TPSA) is 114 Å². The smallest absolute Gasteiger partial charge is 0.251 e. The van der Waals surface area contributed by atoms with Gasteiger partial charge in [-0.1, -0.05) is 19.3 Å². The molecule has 9 nitrogen and oxygen atoms in total. The minimum atomic E-state index is -3.62. The Morgan fingerprint density at radius 3 is 2.56 bits per heavy atom. The van der Waals surface area contributed by atoms with Gasteiger partial charge in [0, 0.05) is 31.3 Å². The van der Waals surface area contributed by atoms with Crippen LogP contribution in [0, 0.1) is 0 Å². The molecule has 0 saturated heterocycles. The average molecular weight is 491 g/mol. The number of sulfonamides is 1. The van der Waals surface area contributed by atoms with Crippen molar-refractivity contribution in [2.75, 3.05) is 27.0 Å². The zero-order valence-corrected chi connectivity index (χ0v) is 19.9. The van der Waals surface area contributed by atoms with E-state index in [0.717, 1.165) is 32.1 Å². The van der Waals surface area contributed by atoms with Gasteiger partial charge in [0.1, 0.15) is 18.5 Å². The van der Waals surface area contributed by atoms with Crippen molar-refractivity contribution in [1.82, 2.24) is 9.62 Å². The maximum absolute atomic E-state index is 12.9. The molecule has 2 N–H and O–H groups in total. The van der Waals surface area contributed by atoms with E-state index in [-0.39, 0.29) is 30.9 Å². The molecule has 2 aromatic carbocycles. The van der Waals surface area contributed by atoms with Gasteiger partial charge in [0.15, 0.2) is 11.5 Å². The van der Waals surface area contributed by atoms with Crippen LogP contribution in [-0.2, 0) is 10.0 Å². The molecule has 184 valence electrons. The van der Waals surface area contributed by atoms with Gasteiger partial charge in [-0.3, -0.25) is 4.79 Å². The summed E-state index contributed by atoms with van der Waals surface area (Å²) in [6.45, 7) is 0.121. The van der Waals surface area contributed by atoms with E-state index in [1.165, 1.54) is 28.6 Å². The van der Waals surface area contributed by atoms with Gasteiger partial charge in [0.2, 0.25) is 16.8 Å². The lowest BCUT2D eigenvalue weighted by Crippen LogP contribution is -2.38. The first-order valence-electron chi connectivity index (χ1n) is 11.4. The van der Waals surface area contributed by atoms with Gasteiger partial charge in [0.05, 0.1) is 4.90 Å². The monoisotopic (exact) mass is 490 g/mol. The number of amides is 1. The van der Waals surface area contributed by atoms with Crippen molar-refractivity contribution in [1.29, 1.82) is 0 Å². The third kappa shape index (κ3) is 5.63. The van der Waals surface area contributed by atoms with E-state index in [1.807, 2.05) is 0 Å². The van der Waals surface area contributed by atoms with Crippen LogP contribution in [0.4, 0.5) is 0 Å². The van der Waals surface area contributed by atoms with Crippen LogP contribution in [0.3, 0.4) is 0 Å². The summed E-state index contributed by atoms with van der Waals surface area (Å²) in [5.41, 5.74) is 0.308. The number of benzene rings is 2. The molecule has 1 saturated carbocycles. The molecule has 1 amide bonds. The molecule has 1 atom stereocenters. The summed E-state index contributed by atoms with van der Waals surface area (Å²) in [5.74, 6) is 1.33. The number of nitrogens with zero attached hydrogens (tertiary/aromatic N) is 1. The highest BCUT2D eigenvalue weighted by Crippen LogP contribution is 2.35. The van der Waals surface area contributed by atoms with Crippen molar-refractivity contribution in [3.05, 3.63) is 48.0 Å². The van der Waals surface area contributed by atoms with Gasteiger partial charge in [-0.2, -0.15) is 4.31 Å². The second-order valence-corrected chi connectivity index (χ2v) is 10.5. The Morgan fingerprint density at radius 1 is 1.12 bits per heavy atom. The van der Waals surface area contributed by atoms with Crippen LogP contribution in [0.5, 0.6) is 17.2 Å². The number of ether oxygens (including phenoxy) is 3. The van der Waals surface area contributed by atoms with Crippen molar-refractivity contribution in [3.8, 4) is 17.2 Å². The summed E-state index contributed by atoms with van der Waals surface area (Å²) in [6, 6.07) is 11.0. The normalized spacial score (nSPS) is 16.9. The summed E-state index contributed by atoms with van der Waals surface area (Å²) in [5, 5.41) is 12.8. The highest BCUT2D eigenvalue weighted by atomic mass is 32.2. The maximum atomic E-state index is 12.9. The summed E-state index contributed by atoms with van der Waals surface area (Å²) >= 11 is 0. The molecule has 10 heteroatoms. The van der Waals surface area contributed by atoms with E-state index in [0.29, 0.717) is 22.8 Å². The van der Waals surface area contributed by atoms with Crippen molar-refractivity contribution >= 4 is 15.9 Å². The Kier molecular flexibility index (Phi) is 7.60. The fourth-order valence-electron chi connectivity index (χ4n) is 4.12. The minimum Gasteiger partial charge on any atom is -0.491 e. The first-order valence-corrected chi connectivity index (χ1v) is 12.9. The fraction of sp³-hybridized carbons (Fsp3) is 0.458. The third-order valence-corrected chi connectivity index (χ3v) is 8.09. The number of nitrogens with one attached hydrogen (secondary N) is 1. The van der Waals surface area contributed by atoms with Crippen molar-refractivity contribution in [2.45, 2.75) is 49.1 Å². The second-order valence-electron chi connectivity index (χ2n) is 8.53. The molecule has 4 rings (SSSR count). The molecule has 34 heavy (non-hydrogen) atoms. The Balaban J connectivity index is 1.27. The molecule has 0 spiro atoms. The van der Waals surface area contributed by atoms with Gasteiger partial charge in [-0.05, 0) is 49.2 Å². The summed E-state index contributed by atoms with van der Waals surface area (Å²) < 4.78 is 43.4. The van der Waals surface area contributed by atoms with Crippen LogP contribution in [-0.4, -0.2) is 62.9 Å². The van der Waals surface area contributed by atoms with Crippen molar-refractivity contribution in [3.63, 3.8) is 0 Å². The van der Waals surface area contributed by atoms with Crippen LogP contribution in [0.2, 0.25) is 0 Å². The standard InChI is InChI=1S/C24H30N2O7S/c1-26(18-5-3-2-4-6-18)34(29,30)21-10-7-17(8-11-21)24(28)25-14-19(27)15-31-20-9-12-22-23(13-20)33-16-32-22/h7-13,18-19,27H,2-6,14-16H2,1H3,(H,25,28). The van der Waals surface area contributed by atoms with Crippen LogP contribution >= 0.6 is 0 Å². The predicted octanol–water partition coefficient (Wildman–Crippen LogP) is 2.54. The molecule has 1 aliphatic carbocycles. The zero-order valence-electron chi connectivity index (χ0n) is 19.1. The molecule has 1 aliphatic heterocycles. The largest absolute Gasteiger partial charge is 0.491 e. The van der Waals surface area contributed by atoms with E-state index in [2.05, 4.69) is 5.32 Å². The van der Waals surface area contributed by atoms with E-state index in [9.17, 15) is 18.3 Å². The Labute approximate surface area is 199 Å². The van der Waals surface area contributed by atoms with Gasteiger partial charge in [-0.25, -0.2) is 8.42 Å². The Bertz CT molecular complexity index is 1100. The second kappa shape index (κ2) is 10.6. The number of carbonyl (C=O) groups is 1. The van der Waals surface area contributed by atoms with E-state index >= 15 is 0 Å². The lowest BCUT2D eigenvalue weighted by Gasteiger charge is -2.30. The SMILES string of the molecule is CN(C1CCCCC1)S(=O)(=O)c1ccc(C(=O)NCC(O)COc2ccc3c(c2)OCO3)cc1. The zero-order chi connectivity index (χ0) is 24.1. The van der Waals surface area contributed by atoms with Gasteiger partial charge < -0.3 is 24.6 Å². The number of rotatable bonds is 9. The minimum absolute atomic E-state index is 0.0168. The Hall–Kier alpha value is -2.82. The van der Waals surface area contributed by atoms with E-state index < -0.39 is 22.0 Å². The lowest BCUT2D eigenvalue weighted by molar-refractivity contribution is 0.0843. The molecule has 0 bridgehead atoms. The van der Waals surface area contributed by atoms with E-state index in [1.54, 1.807) is 25.2 Å². The predicted molar refractivity (Wildman–Crippen MR) is 125 cm³/mol. The molecular weight excluding hydrogens is 460 g/mol. The number of aliphatic hydroxyl groups excluding tert-OH is 1. The molecule has 0 radical (unpaired) electrons. The average Bonchev–Trinajstić information content (AvgIpc) is 3.34. The first-order chi connectivity index (χ1) is 16.3. The summed E-state index contributed by atoms with van der Waals surface area (Å²) in [7, 11) is -1.99. The van der Waals surface area contributed by atoms with E-state index in [4.69, 9.17) is 14.2 Å². The van der Waals surface area contributed by atoms with Crippen molar-refractivity contribution in [2.24, 2.45) is 0 Å². The van der Waals surface area contributed by atoms with Gasteiger partial charge in [-0.15, -0.1) is 0 Å². The Morgan fingerprint density at radius 2 is 1.82 bits per heavy atom. The number of hydrogen-bond acceptors (Lipinski definition) is 7. The molecule has 1 unspecified atom stereocenters. The number of fused-ring (bicyclic) bond motifs is 1. The summed E-state index contributed by atoms with van der Waals surface area (Å²) in [4.78, 5) is 12.6. The number of carbonyl (C=O) groups excluding carboxylic acids is 1. The molecule has 2 aromatic rings. The fourth-order valence-corrected chi connectivity index (χ4v) is 5.53. The molecule has 2 aliphatic rings. The van der Waals surface area contributed by atoms with Gasteiger partial charge in [0.25, 0.3) is 5.91 Å². The molecule has 1 heterocycles. The first kappa shape index (κ1) is 24.3.